The van der Waals surface area contributed by atoms with E-state index in [1.54, 1.807) is 7.11 Å². The Balaban J connectivity index is 1.55. The molecule has 2 aromatic carbocycles. The number of amides is 1. The van der Waals surface area contributed by atoms with Crippen LogP contribution in [-0.2, 0) is 11.2 Å². The number of hydrogen-bond acceptors (Lipinski definition) is 3. The van der Waals surface area contributed by atoms with Crippen LogP contribution in [0.3, 0.4) is 0 Å². The summed E-state index contributed by atoms with van der Waals surface area (Å²) in [4.78, 5) is 15.9. The highest BCUT2D eigenvalue weighted by molar-refractivity contribution is 5.83. The van der Waals surface area contributed by atoms with Crippen molar-refractivity contribution in [3.8, 4) is 16.9 Å². The number of nitrogens with zero attached hydrogens (tertiary/aromatic N) is 1. The second kappa shape index (κ2) is 9.86. The summed E-state index contributed by atoms with van der Waals surface area (Å²) in [6.07, 6.45) is 8.44. The number of nitrogens with one attached hydrogen (secondary N) is 1. The first-order chi connectivity index (χ1) is 15.1. The van der Waals surface area contributed by atoms with Crippen LogP contribution in [0.2, 0.25) is 0 Å². The second-order valence-corrected chi connectivity index (χ2v) is 9.47. The van der Waals surface area contributed by atoms with Crippen LogP contribution in [0.5, 0.6) is 5.75 Å². The van der Waals surface area contributed by atoms with Gasteiger partial charge in [0, 0.05) is 11.6 Å². The predicted octanol–water partition coefficient (Wildman–Crippen LogP) is 5.07. The van der Waals surface area contributed by atoms with E-state index >= 15 is 0 Å². The highest BCUT2D eigenvalue weighted by Gasteiger charge is 2.40. The van der Waals surface area contributed by atoms with E-state index in [-0.39, 0.29) is 11.3 Å². The molecule has 1 saturated heterocycles. The fourth-order valence-electron chi connectivity index (χ4n) is 5.33. The van der Waals surface area contributed by atoms with Gasteiger partial charge >= 0.3 is 0 Å². The molecule has 1 saturated carbocycles. The molecule has 1 N–H and O–H groups in total. The summed E-state index contributed by atoms with van der Waals surface area (Å²) in [5, 5.41) is 3.45. The van der Waals surface area contributed by atoms with E-state index < -0.39 is 0 Å². The SMILES string of the molecule is COc1ccccc1-c1cccc(CC2(C(=O)NC3CCN(C)CC3)CCCCC2)c1. The van der Waals surface area contributed by atoms with E-state index in [0.717, 1.165) is 74.9 Å². The van der Waals surface area contributed by atoms with Crippen molar-refractivity contribution >= 4 is 5.91 Å². The number of ether oxygens (including phenoxy) is 1. The predicted molar refractivity (Wildman–Crippen MR) is 126 cm³/mol. The molecule has 1 aliphatic heterocycles. The van der Waals surface area contributed by atoms with Crippen LogP contribution < -0.4 is 10.1 Å². The van der Waals surface area contributed by atoms with E-state index in [0.29, 0.717) is 6.04 Å². The minimum absolute atomic E-state index is 0.277. The third-order valence-electron chi connectivity index (χ3n) is 7.23. The lowest BCUT2D eigenvalue weighted by Crippen LogP contribution is -2.50. The van der Waals surface area contributed by atoms with Gasteiger partial charge in [0.1, 0.15) is 5.75 Å². The summed E-state index contributed by atoms with van der Waals surface area (Å²) in [6, 6.07) is 17.1. The van der Waals surface area contributed by atoms with Gasteiger partial charge in [-0.05, 0) is 69.4 Å². The summed E-state index contributed by atoms with van der Waals surface area (Å²) < 4.78 is 5.57. The van der Waals surface area contributed by atoms with Crippen LogP contribution in [-0.4, -0.2) is 44.1 Å². The maximum absolute atomic E-state index is 13.6. The number of likely N-dealkylation sites (tertiary alicyclic amines) is 1. The molecule has 2 aromatic rings. The van der Waals surface area contributed by atoms with Gasteiger partial charge in [0.05, 0.1) is 12.5 Å². The van der Waals surface area contributed by atoms with Gasteiger partial charge < -0.3 is 15.0 Å². The van der Waals surface area contributed by atoms with Crippen molar-refractivity contribution in [1.82, 2.24) is 10.2 Å². The van der Waals surface area contributed by atoms with Gasteiger partial charge in [-0.1, -0.05) is 61.7 Å². The maximum atomic E-state index is 13.6. The minimum atomic E-state index is -0.277. The van der Waals surface area contributed by atoms with Crippen molar-refractivity contribution in [1.29, 1.82) is 0 Å². The molecular weight excluding hydrogens is 384 g/mol. The van der Waals surface area contributed by atoms with Gasteiger partial charge in [-0.2, -0.15) is 0 Å². The normalized spacial score (nSPS) is 19.7. The van der Waals surface area contributed by atoms with Gasteiger partial charge in [-0.15, -0.1) is 0 Å². The van der Waals surface area contributed by atoms with Crippen molar-refractivity contribution in [3.05, 3.63) is 54.1 Å². The molecule has 4 heteroatoms. The highest BCUT2D eigenvalue weighted by Crippen LogP contribution is 2.41. The fourth-order valence-corrected chi connectivity index (χ4v) is 5.33. The molecule has 0 atom stereocenters. The first-order valence-corrected chi connectivity index (χ1v) is 11.8. The molecule has 2 fully saturated rings. The van der Waals surface area contributed by atoms with Crippen LogP contribution in [0.4, 0.5) is 0 Å². The number of carbonyl (C=O) groups excluding carboxylic acids is 1. The van der Waals surface area contributed by atoms with Crippen molar-refractivity contribution in [2.75, 3.05) is 27.2 Å². The summed E-state index contributed by atoms with van der Waals surface area (Å²) in [5.74, 6) is 1.16. The molecule has 0 radical (unpaired) electrons. The first-order valence-electron chi connectivity index (χ1n) is 11.8. The monoisotopic (exact) mass is 420 g/mol. The fraction of sp³-hybridized carbons (Fsp3) is 0.519. The second-order valence-electron chi connectivity index (χ2n) is 9.47. The van der Waals surface area contributed by atoms with Crippen molar-refractivity contribution < 1.29 is 9.53 Å². The van der Waals surface area contributed by atoms with Crippen molar-refractivity contribution in [3.63, 3.8) is 0 Å². The Hall–Kier alpha value is -2.33. The average molecular weight is 421 g/mol. The topological polar surface area (TPSA) is 41.6 Å². The first kappa shape index (κ1) is 21.9. The Bertz CT molecular complexity index is 880. The zero-order valence-corrected chi connectivity index (χ0v) is 19.0. The zero-order valence-electron chi connectivity index (χ0n) is 19.0. The smallest absolute Gasteiger partial charge is 0.226 e. The average Bonchev–Trinajstić information content (AvgIpc) is 2.81. The number of methoxy groups -OCH3 is 1. The standard InChI is InChI=1S/C27H36N2O2/c1-29-17-13-23(14-18-29)28-26(30)27(15-6-3-7-16-27)20-21-9-8-10-22(19-21)24-11-4-5-12-25(24)31-2/h4-5,8-12,19,23H,3,6-7,13-18,20H2,1-2H3,(H,28,30). The van der Waals surface area contributed by atoms with E-state index in [1.807, 2.05) is 18.2 Å². The van der Waals surface area contributed by atoms with Crippen molar-refractivity contribution in [2.24, 2.45) is 5.41 Å². The molecule has 1 aliphatic carbocycles. The molecule has 0 unspecified atom stereocenters. The highest BCUT2D eigenvalue weighted by atomic mass is 16.5. The van der Waals surface area contributed by atoms with Gasteiger partial charge in [0.2, 0.25) is 5.91 Å². The zero-order chi connectivity index (χ0) is 21.7. The molecule has 0 bridgehead atoms. The summed E-state index contributed by atoms with van der Waals surface area (Å²) in [7, 11) is 3.88. The number of carbonyl (C=O) groups is 1. The van der Waals surface area contributed by atoms with Crippen molar-refractivity contribution in [2.45, 2.75) is 57.4 Å². The summed E-state index contributed by atoms with van der Waals surface area (Å²) in [5.41, 5.74) is 3.21. The largest absolute Gasteiger partial charge is 0.496 e. The van der Waals surface area contributed by atoms with E-state index in [4.69, 9.17) is 4.74 Å². The third-order valence-corrected chi connectivity index (χ3v) is 7.23. The molecule has 0 aromatic heterocycles. The number of rotatable bonds is 6. The van der Waals surface area contributed by atoms with Crippen LogP contribution in [0, 0.1) is 5.41 Å². The lowest BCUT2D eigenvalue weighted by molar-refractivity contribution is -0.134. The maximum Gasteiger partial charge on any atom is 0.226 e. The molecule has 4 nitrogen and oxygen atoms in total. The summed E-state index contributed by atoms with van der Waals surface area (Å²) >= 11 is 0. The molecule has 4 rings (SSSR count). The Morgan fingerprint density at radius 1 is 1.06 bits per heavy atom. The van der Waals surface area contributed by atoms with Gasteiger partial charge in [0.15, 0.2) is 0 Å². The molecule has 166 valence electrons. The van der Waals surface area contributed by atoms with Crippen LogP contribution in [0.1, 0.15) is 50.5 Å². The number of para-hydroxylation sites is 1. The number of hydrogen-bond donors (Lipinski definition) is 1. The van der Waals surface area contributed by atoms with Gasteiger partial charge in [-0.3, -0.25) is 4.79 Å². The van der Waals surface area contributed by atoms with E-state index in [1.165, 1.54) is 12.0 Å². The lowest BCUT2D eigenvalue weighted by atomic mass is 9.69. The third kappa shape index (κ3) is 5.12. The van der Waals surface area contributed by atoms with E-state index in [9.17, 15) is 4.79 Å². The number of benzene rings is 2. The quantitative estimate of drug-likeness (QED) is 0.710. The van der Waals surface area contributed by atoms with E-state index in [2.05, 4.69) is 47.6 Å². The molecule has 2 aliphatic rings. The Morgan fingerprint density at radius 2 is 1.81 bits per heavy atom. The van der Waals surface area contributed by atoms with Gasteiger partial charge in [0.25, 0.3) is 0 Å². The summed E-state index contributed by atoms with van der Waals surface area (Å²) in [6.45, 7) is 2.14. The molecule has 1 amide bonds. The Kier molecular flexibility index (Phi) is 6.96. The molecule has 0 spiro atoms. The Morgan fingerprint density at radius 3 is 2.55 bits per heavy atom. The number of piperidine rings is 1. The molecular formula is C27H36N2O2. The minimum Gasteiger partial charge on any atom is -0.496 e. The van der Waals surface area contributed by atoms with Crippen LogP contribution >= 0.6 is 0 Å². The lowest BCUT2D eigenvalue weighted by Gasteiger charge is -2.38. The van der Waals surface area contributed by atoms with Crippen LogP contribution in [0.25, 0.3) is 11.1 Å². The molecule has 31 heavy (non-hydrogen) atoms. The molecule has 1 heterocycles. The van der Waals surface area contributed by atoms with Gasteiger partial charge in [-0.25, -0.2) is 0 Å². The van der Waals surface area contributed by atoms with Crippen LogP contribution in [0.15, 0.2) is 48.5 Å². The Labute approximate surface area is 187 Å².